The molecule has 1 fully saturated rings. The van der Waals surface area contributed by atoms with Crippen molar-refractivity contribution in [2.24, 2.45) is 0 Å². The topological polar surface area (TPSA) is 94.7 Å². The van der Waals surface area contributed by atoms with E-state index < -0.39 is 23.8 Å². The smallest absolute Gasteiger partial charge is 0.332 e. The third-order valence-electron chi connectivity index (χ3n) is 3.06. The first-order valence-corrected chi connectivity index (χ1v) is 6.30. The molecule has 0 saturated carbocycles. The monoisotopic (exact) mass is 270 g/mol. The number of ether oxygens (including phenoxy) is 2. The van der Waals surface area contributed by atoms with Crippen molar-refractivity contribution >= 4 is 5.97 Å². The van der Waals surface area contributed by atoms with Crippen molar-refractivity contribution in [2.75, 3.05) is 6.61 Å². The number of nitrogens with zero attached hydrogens (tertiary/aromatic N) is 2. The zero-order chi connectivity index (χ0) is 14.0. The van der Waals surface area contributed by atoms with Crippen LogP contribution in [0.5, 0.6) is 0 Å². The van der Waals surface area contributed by atoms with Gasteiger partial charge in [-0.15, -0.1) is 0 Å². The van der Waals surface area contributed by atoms with E-state index in [1.54, 1.807) is 0 Å². The number of aliphatic carboxylic acids is 1. The molecule has 7 nitrogen and oxygen atoms in total. The van der Waals surface area contributed by atoms with Crippen molar-refractivity contribution in [2.45, 2.75) is 51.4 Å². The molecule has 1 saturated heterocycles. The number of rotatable bonds is 5. The van der Waals surface area contributed by atoms with Crippen molar-refractivity contribution in [1.29, 1.82) is 0 Å². The summed E-state index contributed by atoms with van der Waals surface area (Å²) in [5.41, 5.74) is -0.638. The lowest BCUT2D eigenvalue weighted by atomic mass is 10.1. The van der Waals surface area contributed by atoms with E-state index in [1.165, 1.54) is 0 Å². The molecule has 19 heavy (non-hydrogen) atoms. The summed E-state index contributed by atoms with van der Waals surface area (Å²) in [6.07, 6.45) is -0.222. The fourth-order valence-electron chi connectivity index (χ4n) is 2.04. The van der Waals surface area contributed by atoms with Crippen LogP contribution < -0.4 is 0 Å². The van der Waals surface area contributed by atoms with Gasteiger partial charge in [0.05, 0.1) is 0 Å². The number of carboxylic acid groups (broad SMARTS) is 1. The standard InChI is InChI=1S/C12H18N2O5/c1-4-17-12(2,3)11-13-9(19-14-11)7-5-6-8(18-7)10(15)16/h7-8H,4-6H2,1-3H3,(H,15,16). The molecule has 0 amide bonds. The molecule has 0 spiro atoms. The van der Waals surface area contributed by atoms with Crippen LogP contribution in [0.2, 0.25) is 0 Å². The van der Waals surface area contributed by atoms with E-state index in [-0.39, 0.29) is 0 Å². The Morgan fingerprint density at radius 2 is 2.26 bits per heavy atom. The predicted octanol–water partition coefficient (Wildman–Crippen LogP) is 1.65. The Kier molecular flexibility index (Phi) is 3.86. The number of carbonyl (C=O) groups is 1. The van der Waals surface area contributed by atoms with Crippen LogP contribution in [0.25, 0.3) is 0 Å². The van der Waals surface area contributed by atoms with Crippen molar-refractivity contribution < 1.29 is 23.9 Å². The Bertz CT molecular complexity index is 457. The minimum absolute atomic E-state index is 0.312. The Morgan fingerprint density at radius 1 is 1.53 bits per heavy atom. The molecule has 2 atom stereocenters. The molecule has 1 N–H and O–H groups in total. The van der Waals surface area contributed by atoms with Crippen molar-refractivity contribution in [3.8, 4) is 0 Å². The third-order valence-corrected chi connectivity index (χ3v) is 3.06. The molecule has 0 radical (unpaired) electrons. The Labute approximate surface area is 110 Å². The van der Waals surface area contributed by atoms with E-state index in [0.29, 0.717) is 31.2 Å². The van der Waals surface area contributed by atoms with E-state index in [4.69, 9.17) is 19.1 Å². The highest BCUT2D eigenvalue weighted by Crippen LogP contribution is 2.33. The van der Waals surface area contributed by atoms with Gasteiger partial charge in [-0.25, -0.2) is 4.79 Å². The summed E-state index contributed by atoms with van der Waals surface area (Å²) in [5, 5.41) is 12.8. The fourth-order valence-corrected chi connectivity index (χ4v) is 2.04. The van der Waals surface area contributed by atoms with E-state index in [2.05, 4.69) is 10.1 Å². The molecule has 1 aromatic heterocycles. The molecule has 2 rings (SSSR count). The molecule has 7 heteroatoms. The minimum Gasteiger partial charge on any atom is -0.479 e. The highest BCUT2D eigenvalue weighted by molar-refractivity contribution is 5.72. The van der Waals surface area contributed by atoms with Gasteiger partial charge in [-0.3, -0.25) is 0 Å². The van der Waals surface area contributed by atoms with Crippen LogP contribution in [0.15, 0.2) is 4.52 Å². The van der Waals surface area contributed by atoms with Crippen LogP contribution in [0, 0.1) is 0 Å². The van der Waals surface area contributed by atoms with E-state index in [0.717, 1.165) is 0 Å². The molecule has 0 aliphatic carbocycles. The van der Waals surface area contributed by atoms with Crippen LogP contribution in [0.4, 0.5) is 0 Å². The molecular weight excluding hydrogens is 252 g/mol. The van der Waals surface area contributed by atoms with Crippen molar-refractivity contribution in [1.82, 2.24) is 10.1 Å². The first kappa shape index (κ1) is 14.0. The van der Waals surface area contributed by atoms with Gasteiger partial charge in [-0.1, -0.05) is 5.16 Å². The first-order valence-electron chi connectivity index (χ1n) is 6.30. The molecule has 1 aliphatic heterocycles. The highest BCUT2D eigenvalue weighted by atomic mass is 16.6. The van der Waals surface area contributed by atoms with Crippen LogP contribution in [-0.2, 0) is 19.9 Å². The molecule has 2 unspecified atom stereocenters. The maximum Gasteiger partial charge on any atom is 0.332 e. The van der Waals surface area contributed by atoms with E-state index in [1.807, 2.05) is 20.8 Å². The summed E-state index contributed by atoms with van der Waals surface area (Å²) < 4.78 is 16.0. The zero-order valence-corrected chi connectivity index (χ0v) is 11.3. The summed E-state index contributed by atoms with van der Waals surface area (Å²) >= 11 is 0. The molecule has 1 aliphatic rings. The van der Waals surface area contributed by atoms with E-state index >= 15 is 0 Å². The maximum atomic E-state index is 10.8. The fraction of sp³-hybridized carbons (Fsp3) is 0.750. The lowest BCUT2D eigenvalue weighted by Crippen LogP contribution is -2.23. The molecule has 0 bridgehead atoms. The number of carboxylic acids is 1. The second-order valence-corrected chi connectivity index (χ2v) is 4.93. The van der Waals surface area contributed by atoms with Crippen molar-refractivity contribution in [3.05, 3.63) is 11.7 Å². The highest BCUT2D eigenvalue weighted by Gasteiger charge is 2.36. The Balaban J connectivity index is 2.08. The second kappa shape index (κ2) is 5.26. The summed E-state index contributed by atoms with van der Waals surface area (Å²) in [5.74, 6) is -0.213. The van der Waals surface area contributed by atoms with Gasteiger partial charge in [0.2, 0.25) is 5.82 Å². The van der Waals surface area contributed by atoms with Crippen molar-refractivity contribution in [3.63, 3.8) is 0 Å². The molecular formula is C12H18N2O5. The van der Waals surface area contributed by atoms with Gasteiger partial charge in [-0.05, 0) is 33.6 Å². The van der Waals surface area contributed by atoms with Gasteiger partial charge < -0.3 is 19.1 Å². The largest absolute Gasteiger partial charge is 0.479 e. The number of aromatic nitrogens is 2. The van der Waals surface area contributed by atoms with Gasteiger partial charge in [0.1, 0.15) is 11.7 Å². The summed E-state index contributed by atoms with van der Waals surface area (Å²) in [6.45, 7) is 6.12. The summed E-state index contributed by atoms with van der Waals surface area (Å²) in [6, 6.07) is 0. The lowest BCUT2D eigenvalue weighted by molar-refractivity contribution is -0.150. The molecule has 106 valence electrons. The Morgan fingerprint density at radius 3 is 2.84 bits per heavy atom. The van der Waals surface area contributed by atoms with Gasteiger partial charge in [0.25, 0.3) is 5.89 Å². The van der Waals surface area contributed by atoms with Crippen LogP contribution in [-0.4, -0.2) is 33.9 Å². The van der Waals surface area contributed by atoms with Crippen LogP contribution in [0.1, 0.15) is 51.4 Å². The molecule has 1 aromatic rings. The quantitative estimate of drug-likeness (QED) is 0.869. The normalized spacial score (nSPS) is 23.7. The Hall–Kier alpha value is -1.47. The lowest BCUT2D eigenvalue weighted by Gasteiger charge is -2.19. The zero-order valence-electron chi connectivity index (χ0n) is 11.3. The van der Waals surface area contributed by atoms with Gasteiger partial charge in [0.15, 0.2) is 6.10 Å². The average Bonchev–Trinajstić information content (AvgIpc) is 2.98. The second-order valence-electron chi connectivity index (χ2n) is 4.93. The minimum atomic E-state index is -0.961. The van der Waals surface area contributed by atoms with Gasteiger partial charge in [-0.2, -0.15) is 4.98 Å². The number of hydrogen-bond donors (Lipinski definition) is 1. The third kappa shape index (κ3) is 2.93. The van der Waals surface area contributed by atoms with Crippen LogP contribution in [0.3, 0.4) is 0 Å². The predicted molar refractivity (Wildman–Crippen MR) is 63.4 cm³/mol. The maximum absolute atomic E-state index is 10.8. The average molecular weight is 270 g/mol. The molecule has 2 heterocycles. The van der Waals surface area contributed by atoms with Crippen LogP contribution >= 0.6 is 0 Å². The summed E-state index contributed by atoms with van der Waals surface area (Å²) in [7, 11) is 0. The molecule has 0 aromatic carbocycles. The van der Waals surface area contributed by atoms with E-state index in [9.17, 15) is 4.79 Å². The van der Waals surface area contributed by atoms with Gasteiger partial charge >= 0.3 is 5.97 Å². The number of hydrogen-bond acceptors (Lipinski definition) is 6. The summed E-state index contributed by atoms with van der Waals surface area (Å²) in [4.78, 5) is 15.1. The SMILES string of the molecule is CCOC(C)(C)c1noc(C2CCC(C(=O)O)O2)n1. The van der Waals surface area contributed by atoms with Gasteiger partial charge in [0, 0.05) is 6.61 Å². The first-order chi connectivity index (χ1) is 8.94.